The molecule has 0 aliphatic heterocycles. The molecule has 0 heterocycles. The monoisotopic (exact) mass is 130 g/mol. The summed E-state index contributed by atoms with van der Waals surface area (Å²) in [4.78, 5) is 0. The third kappa shape index (κ3) is 262. The van der Waals surface area contributed by atoms with E-state index in [1.165, 1.54) is 0 Å². The highest BCUT2D eigenvalue weighted by atomic mass is 19.1. The summed E-state index contributed by atoms with van der Waals surface area (Å²) >= 11 is 0. The van der Waals surface area contributed by atoms with Crippen molar-refractivity contribution in [1.82, 2.24) is 0 Å². The highest BCUT2D eigenvalue weighted by Gasteiger charge is 1.19. The van der Waals surface area contributed by atoms with Crippen LogP contribution >= 0.6 is 0 Å². The van der Waals surface area contributed by atoms with Gasteiger partial charge in [0.25, 0.3) is 0 Å². The van der Waals surface area contributed by atoms with E-state index in [4.69, 9.17) is 0 Å². The fourth-order valence-electron chi connectivity index (χ4n) is 0. The van der Waals surface area contributed by atoms with Gasteiger partial charge in [-0.3, -0.25) is 0 Å². The van der Waals surface area contributed by atoms with Gasteiger partial charge in [0.2, 0.25) is 0 Å². The molecule has 0 saturated carbocycles. The van der Waals surface area contributed by atoms with Crippen LogP contribution in [0.2, 0.25) is 0 Å². The van der Waals surface area contributed by atoms with Gasteiger partial charge in [0.1, 0.15) is 0 Å². The second-order valence-electron chi connectivity index (χ2n) is 0.971. The van der Waals surface area contributed by atoms with Gasteiger partial charge in [0.05, 0.1) is 6.33 Å². The summed E-state index contributed by atoms with van der Waals surface area (Å²) in [6.07, 6.45) is 3.75. The van der Waals surface area contributed by atoms with E-state index in [1.807, 2.05) is 13.8 Å². The standard InChI is InChI=1S/2C3H6.C2H3F/c2*1-3-2;1-2-3/h2*3H,1H2,2H3;2H,1H2. The second-order valence-corrected chi connectivity index (χ2v) is 0.971. The Morgan fingerprint density at radius 2 is 1.00 bits per heavy atom. The van der Waals surface area contributed by atoms with Crippen LogP contribution < -0.4 is 0 Å². The summed E-state index contributed by atoms with van der Waals surface area (Å²) in [5.74, 6) is 0. The molecule has 0 aromatic heterocycles. The Morgan fingerprint density at radius 1 is 1.00 bits per heavy atom. The quantitative estimate of drug-likeness (QED) is 0.440. The number of hydrogen-bond donors (Lipinski definition) is 0. The molecule has 0 aliphatic carbocycles. The molecule has 0 N–H and O–H groups in total. The topological polar surface area (TPSA) is 0 Å². The van der Waals surface area contributed by atoms with E-state index in [0.717, 1.165) is 0 Å². The maximum absolute atomic E-state index is 10.1. The highest BCUT2D eigenvalue weighted by Crippen LogP contribution is 1.48. The lowest BCUT2D eigenvalue weighted by molar-refractivity contribution is 0.725. The molecule has 0 nitrogen and oxygen atoms in total. The number of halogens is 1. The molecular formula is C8H15F. The van der Waals surface area contributed by atoms with Crippen LogP contribution in [0.4, 0.5) is 4.39 Å². The molecule has 0 fully saturated rings. The Bertz CT molecular complexity index is 41.3. The molecule has 54 valence electrons. The predicted molar refractivity (Wildman–Crippen MR) is 43.0 cm³/mol. The zero-order chi connectivity index (χ0) is 8.12. The fourth-order valence-corrected chi connectivity index (χ4v) is 0. The van der Waals surface area contributed by atoms with Gasteiger partial charge in [-0.1, -0.05) is 18.7 Å². The Kier molecular flexibility index (Phi) is 102. The van der Waals surface area contributed by atoms with E-state index < -0.39 is 0 Å². The Labute approximate surface area is 57.4 Å². The van der Waals surface area contributed by atoms with Gasteiger partial charge in [-0.05, 0) is 13.8 Å². The molecule has 0 aliphatic rings. The predicted octanol–water partition coefficient (Wildman–Crippen LogP) is 3.48. The summed E-state index contributed by atoms with van der Waals surface area (Å²) in [7, 11) is 0. The summed E-state index contributed by atoms with van der Waals surface area (Å²) in [5.41, 5.74) is 0. The summed E-state index contributed by atoms with van der Waals surface area (Å²) < 4.78 is 10.1. The first-order valence-electron chi connectivity index (χ1n) is 2.60. The van der Waals surface area contributed by atoms with Crippen LogP contribution in [-0.2, 0) is 0 Å². The van der Waals surface area contributed by atoms with Crippen molar-refractivity contribution >= 4 is 0 Å². The lowest BCUT2D eigenvalue weighted by Crippen LogP contribution is -1.07. The van der Waals surface area contributed by atoms with Crippen LogP contribution in [0.25, 0.3) is 0 Å². The van der Waals surface area contributed by atoms with Gasteiger partial charge >= 0.3 is 0 Å². The van der Waals surface area contributed by atoms with Gasteiger partial charge in [0, 0.05) is 0 Å². The molecule has 0 aromatic rings. The van der Waals surface area contributed by atoms with Gasteiger partial charge in [-0.15, -0.1) is 13.2 Å². The van der Waals surface area contributed by atoms with Crippen molar-refractivity contribution < 1.29 is 4.39 Å². The average molecular weight is 130 g/mol. The van der Waals surface area contributed by atoms with Crippen molar-refractivity contribution in [3.63, 3.8) is 0 Å². The first kappa shape index (κ1) is 15.7. The van der Waals surface area contributed by atoms with E-state index in [1.54, 1.807) is 12.2 Å². The molecule has 0 bridgehead atoms. The van der Waals surface area contributed by atoms with E-state index >= 15 is 0 Å². The molecule has 0 saturated heterocycles. The van der Waals surface area contributed by atoms with Gasteiger partial charge in [-0.2, -0.15) is 0 Å². The molecule has 0 unspecified atom stereocenters. The maximum Gasteiger partial charge on any atom is 0.0795 e. The van der Waals surface area contributed by atoms with Crippen LogP contribution in [0, 0.1) is 0 Å². The van der Waals surface area contributed by atoms with Gasteiger partial charge in [-0.25, -0.2) is 4.39 Å². The SMILES string of the molecule is C=CC.C=CC.C=CF. The van der Waals surface area contributed by atoms with Crippen molar-refractivity contribution in [2.24, 2.45) is 0 Å². The fraction of sp³-hybridized carbons (Fsp3) is 0.250. The molecule has 0 rings (SSSR count). The van der Waals surface area contributed by atoms with E-state index in [2.05, 4.69) is 19.7 Å². The van der Waals surface area contributed by atoms with Crippen LogP contribution in [0.15, 0.2) is 38.2 Å². The molecule has 9 heavy (non-hydrogen) atoms. The van der Waals surface area contributed by atoms with E-state index in [9.17, 15) is 4.39 Å². The smallest absolute Gasteiger partial charge is 0.0795 e. The number of allylic oxidation sites excluding steroid dienone is 2. The molecule has 0 aromatic carbocycles. The van der Waals surface area contributed by atoms with Crippen LogP contribution in [0.3, 0.4) is 0 Å². The lowest BCUT2D eigenvalue weighted by Gasteiger charge is -1.31. The van der Waals surface area contributed by atoms with Crippen molar-refractivity contribution in [3.05, 3.63) is 38.2 Å². The van der Waals surface area contributed by atoms with Crippen LogP contribution in [0.5, 0.6) is 0 Å². The van der Waals surface area contributed by atoms with E-state index in [-0.39, 0.29) is 6.33 Å². The number of hydrogen-bond acceptors (Lipinski definition) is 0. The Morgan fingerprint density at radius 3 is 1.00 bits per heavy atom. The third-order valence-corrected chi connectivity index (χ3v) is 0. The molecular weight excluding hydrogens is 115 g/mol. The highest BCUT2D eigenvalue weighted by molar-refractivity contribution is 4.51. The maximum atomic E-state index is 10.1. The minimum absolute atomic E-state index is 0.250. The minimum atomic E-state index is 0.250. The van der Waals surface area contributed by atoms with Crippen LogP contribution in [-0.4, -0.2) is 0 Å². The normalized spacial score (nSPS) is 4.33. The zero-order valence-electron chi connectivity index (χ0n) is 6.23. The van der Waals surface area contributed by atoms with Crippen LogP contribution in [0.1, 0.15) is 13.8 Å². The molecule has 0 amide bonds. The number of rotatable bonds is 0. The van der Waals surface area contributed by atoms with Crippen molar-refractivity contribution in [1.29, 1.82) is 0 Å². The van der Waals surface area contributed by atoms with E-state index in [0.29, 0.717) is 0 Å². The van der Waals surface area contributed by atoms with Gasteiger partial charge in [0.15, 0.2) is 0 Å². The zero-order valence-corrected chi connectivity index (χ0v) is 6.23. The Hall–Kier alpha value is -0.850. The summed E-state index contributed by atoms with van der Waals surface area (Å²) in [6, 6.07) is 0. The largest absolute Gasteiger partial charge is 0.216 e. The van der Waals surface area contributed by atoms with Crippen molar-refractivity contribution in [3.8, 4) is 0 Å². The summed E-state index contributed by atoms with van der Waals surface area (Å²) in [6.45, 7) is 13.2. The summed E-state index contributed by atoms with van der Waals surface area (Å²) in [5, 5.41) is 0. The molecule has 1 heteroatoms. The lowest BCUT2D eigenvalue weighted by atomic mass is 10.8. The first-order chi connectivity index (χ1) is 4.24. The molecule has 0 radical (unpaired) electrons. The molecule has 0 spiro atoms. The average Bonchev–Trinajstić information content (AvgIpc) is 1.70. The second kappa shape index (κ2) is 58.5. The first-order valence-corrected chi connectivity index (χ1v) is 2.60. The van der Waals surface area contributed by atoms with Gasteiger partial charge < -0.3 is 0 Å². The van der Waals surface area contributed by atoms with Crippen molar-refractivity contribution in [2.75, 3.05) is 0 Å². The minimum Gasteiger partial charge on any atom is -0.216 e. The Balaban J connectivity index is -0.0000000600. The molecule has 0 atom stereocenters. The third-order valence-electron chi connectivity index (χ3n) is 0. The van der Waals surface area contributed by atoms with Crippen molar-refractivity contribution in [2.45, 2.75) is 13.8 Å².